The van der Waals surface area contributed by atoms with Crippen molar-refractivity contribution >= 4 is 11.0 Å². The molecule has 0 radical (unpaired) electrons. The molecule has 0 amide bonds. The molecule has 4 aromatic carbocycles. The highest BCUT2D eigenvalue weighted by molar-refractivity contribution is 5.89. The van der Waals surface area contributed by atoms with Crippen LogP contribution in [-0.4, -0.2) is 9.55 Å². The topological polar surface area (TPSA) is 17.8 Å². The number of nitrogens with zero attached hydrogens (tertiary/aromatic N) is 2. The van der Waals surface area contributed by atoms with E-state index in [2.05, 4.69) is 125 Å². The standard InChI is InChI=1S/C35H36N2/c1-21(2)24-12-9-15-27-28-16-11-17-29(31(28)20-30(24)27)35-36-32-18-7-8-19-33(32)37(35)34-25(22(3)4)13-10-14-26(34)23(5)6/h7-19,21-23H,20H2,1-6H3. The highest BCUT2D eigenvalue weighted by atomic mass is 15.1. The van der Waals surface area contributed by atoms with Crippen LogP contribution in [0, 0.1) is 0 Å². The number of hydrogen-bond acceptors (Lipinski definition) is 1. The van der Waals surface area contributed by atoms with Crippen molar-refractivity contribution in [3.05, 3.63) is 107 Å². The van der Waals surface area contributed by atoms with Gasteiger partial charge in [0.25, 0.3) is 0 Å². The average Bonchev–Trinajstić information content (AvgIpc) is 3.46. The molecule has 186 valence electrons. The lowest BCUT2D eigenvalue weighted by atomic mass is 9.92. The first-order chi connectivity index (χ1) is 17.9. The predicted octanol–water partition coefficient (Wildman–Crippen LogP) is 9.63. The van der Waals surface area contributed by atoms with Gasteiger partial charge in [0.15, 0.2) is 0 Å². The van der Waals surface area contributed by atoms with Crippen LogP contribution in [0.2, 0.25) is 0 Å². The fraction of sp³-hybridized carbons (Fsp3) is 0.286. The third-order valence-electron chi connectivity index (χ3n) is 8.02. The van der Waals surface area contributed by atoms with Crippen LogP contribution in [0.1, 0.15) is 87.1 Å². The van der Waals surface area contributed by atoms with Gasteiger partial charge < -0.3 is 0 Å². The zero-order valence-corrected chi connectivity index (χ0v) is 22.8. The van der Waals surface area contributed by atoms with Crippen molar-refractivity contribution in [3.8, 4) is 28.2 Å². The molecule has 5 aromatic rings. The smallest absolute Gasteiger partial charge is 0.146 e. The number of aromatic nitrogens is 2. The first kappa shape index (κ1) is 23.7. The molecule has 1 aromatic heterocycles. The Kier molecular flexibility index (Phi) is 5.79. The first-order valence-corrected chi connectivity index (χ1v) is 13.7. The van der Waals surface area contributed by atoms with Gasteiger partial charge in [-0.1, -0.05) is 108 Å². The van der Waals surface area contributed by atoms with Gasteiger partial charge >= 0.3 is 0 Å². The van der Waals surface area contributed by atoms with E-state index in [0.29, 0.717) is 17.8 Å². The van der Waals surface area contributed by atoms with E-state index < -0.39 is 0 Å². The molecule has 0 N–H and O–H groups in total. The Labute approximate surface area is 221 Å². The van der Waals surface area contributed by atoms with E-state index in [0.717, 1.165) is 17.8 Å². The van der Waals surface area contributed by atoms with Gasteiger partial charge in [0.1, 0.15) is 5.82 Å². The molecule has 0 unspecified atom stereocenters. The molecule has 0 bridgehead atoms. The Morgan fingerprint density at radius 2 is 1.11 bits per heavy atom. The SMILES string of the molecule is CC(C)c1cccc2c1Cc1c-2cccc1-c1nc2ccccc2n1-c1c(C(C)C)cccc1C(C)C. The Hall–Kier alpha value is -3.65. The van der Waals surface area contributed by atoms with E-state index in [1.54, 1.807) is 0 Å². The molecule has 2 nitrogen and oxygen atoms in total. The fourth-order valence-corrected chi connectivity index (χ4v) is 6.21. The maximum Gasteiger partial charge on any atom is 0.146 e. The molecule has 0 atom stereocenters. The van der Waals surface area contributed by atoms with Crippen LogP contribution in [0.15, 0.2) is 78.9 Å². The lowest BCUT2D eigenvalue weighted by Gasteiger charge is -2.23. The number of imidazole rings is 1. The van der Waals surface area contributed by atoms with Crippen LogP contribution < -0.4 is 0 Å². The molecule has 0 fully saturated rings. The van der Waals surface area contributed by atoms with E-state index in [1.807, 2.05) is 0 Å². The van der Waals surface area contributed by atoms with E-state index >= 15 is 0 Å². The highest BCUT2D eigenvalue weighted by Gasteiger charge is 2.28. The molecule has 0 spiro atoms. The van der Waals surface area contributed by atoms with Gasteiger partial charge in [0.05, 0.1) is 16.7 Å². The van der Waals surface area contributed by atoms with E-state index in [9.17, 15) is 0 Å². The maximum absolute atomic E-state index is 5.32. The van der Waals surface area contributed by atoms with Gasteiger partial charge in [-0.2, -0.15) is 0 Å². The van der Waals surface area contributed by atoms with Gasteiger partial charge in [-0.15, -0.1) is 0 Å². The number of para-hydroxylation sites is 3. The van der Waals surface area contributed by atoms with Crippen molar-refractivity contribution in [1.29, 1.82) is 0 Å². The largest absolute Gasteiger partial charge is 0.292 e. The molecule has 0 saturated carbocycles. The third-order valence-corrected chi connectivity index (χ3v) is 8.02. The van der Waals surface area contributed by atoms with Gasteiger partial charge in [-0.3, -0.25) is 4.57 Å². The quantitative estimate of drug-likeness (QED) is 0.238. The van der Waals surface area contributed by atoms with Crippen LogP contribution >= 0.6 is 0 Å². The van der Waals surface area contributed by atoms with E-state index in [4.69, 9.17) is 4.98 Å². The minimum atomic E-state index is 0.405. The highest BCUT2D eigenvalue weighted by Crippen LogP contribution is 2.45. The predicted molar refractivity (Wildman–Crippen MR) is 157 cm³/mol. The molecule has 37 heavy (non-hydrogen) atoms. The first-order valence-electron chi connectivity index (χ1n) is 13.7. The second-order valence-corrected chi connectivity index (χ2v) is 11.4. The Morgan fingerprint density at radius 3 is 1.78 bits per heavy atom. The summed E-state index contributed by atoms with van der Waals surface area (Å²) in [5, 5.41) is 0. The fourth-order valence-electron chi connectivity index (χ4n) is 6.21. The van der Waals surface area contributed by atoms with Crippen molar-refractivity contribution < 1.29 is 0 Å². The third kappa shape index (κ3) is 3.73. The lowest BCUT2D eigenvalue weighted by molar-refractivity contribution is 0.811. The summed E-state index contributed by atoms with van der Waals surface area (Å²) in [5.41, 5.74) is 14.6. The molecule has 0 aliphatic heterocycles. The van der Waals surface area contributed by atoms with Crippen molar-refractivity contribution in [2.45, 2.75) is 65.7 Å². The van der Waals surface area contributed by atoms with E-state index in [1.165, 1.54) is 55.7 Å². The minimum absolute atomic E-state index is 0.405. The Morgan fingerprint density at radius 1 is 0.568 bits per heavy atom. The summed E-state index contributed by atoms with van der Waals surface area (Å²) in [6.45, 7) is 13.8. The molecule has 2 heteroatoms. The summed E-state index contributed by atoms with van der Waals surface area (Å²) in [6.07, 6.45) is 0.960. The Balaban J connectivity index is 1.67. The van der Waals surface area contributed by atoms with Crippen LogP contribution in [0.4, 0.5) is 0 Å². The lowest BCUT2D eigenvalue weighted by Crippen LogP contribution is -2.09. The summed E-state index contributed by atoms with van der Waals surface area (Å²) in [6, 6.07) is 29.0. The second kappa shape index (κ2) is 9.03. The normalized spacial score (nSPS) is 12.7. The van der Waals surface area contributed by atoms with Crippen molar-refractivity contribution in [3.63, 3.8) is 0 Å². The Bertz CT molecular complexity index is 1600. The monoisotopic (exact) mass is 484 g/mol. The average molecular weight is 485 g/mol. The summed E-state index contributed by atoms with van der Waals surface area (Å²) in [5.74, 6) is 2.36. The molecule has 0 saturated heterocycles. The molecule has 6 rings (SSSR count). The summed E-state index contributed by atoms with van der Waals surface area (Å²) in [4.78, 5) is 5.32. The van der Waals surface area contributed by atoms with Crippen molar-refractivity contribution in [1.82, 2.24) is 9.55 Å². The number of rotatable bonds is 5. The molecule has 1 aliphatic rings. The van der Waals surface area contributed by atoms with Crippen molar-refractivity contribution in [2.75, 3.05) is 0 Å². The van der Waals surface area contributed by atoms with Crippen LogP contribution in [0.3, 0.4) is 0 Å². The maximum atomic E-state index is 5.32. The zero-order chi connectivity index (χ0) is 25.8. The molecular weight excluding hydrogens is 448 g/mol. The molecule has 1 aliphatic carbocycles. The summed E-state index contributed by atoms with van der Waals surface area (Å²) >= 11 is 0. The van der Waals surface area contributed by atoms with Gasteiger partial charge in [0.2, 0.25) is 0 Å². The van der Waals surface area contributed by atoms with Crippen LogP contribution in [-0.2, 0) is 6.42 Å². The number of hydrogen-bond donors (Lipinski definition) is 0. The second-order valence-electron chi connectivity index (χ2n) is 11.4. The van der Waals surface area contributed by atoms with Crippen LogP contribution in [0.5, 0.6) is 0 Å². The van der Waals surface area contributed by atoms with Gasteiger partial charge in [0, 0.05) is 5.56 Å². The van der Waals surface area contributed by atoms with E-state index in [-0.39, 0.29) is 0 Å². The minimum Gasteiger partial charge on any atom is -0.292 e. The van der Waals surface area contributed by atoms with Crippen molar-refractivity contribution in [2.24, 2.45) is 0 Å². The van der Waals surface area contributed by atoms with Crippen LogP contribution in [0.25, 0.3) is 39.2 Å². The van der Waals surface area contributed by atoms with Gasteiger partial charge in [-0.25, -0.2) is 4.98 Å². The summed E-state index contributed by atoms with van der Waals surface area (Å²) < 4.78 is 2.46. The molecular formula is C35H36N2. The summed E-state index contributed by atoms with van der Waals surface area (Å²) in [7, 11) is 0. The number of benzene rings is 4. The number of fused-ring (bicyclic) bond motifs is 4. The molecule has 1 heterocycles. The van der Waals surface area contributed by atoms with Gasteiger partial charge in [-0.05, 0) is 75.3 Å². The zero-order valence-electron chi connectivity index (χ0n) is 22.8.